The number of carbonyl (C=O) groups excluding carboxylic acids is 2. The molecule has 1 saturated carbocycles. The van der Waals surface area contributed by atoms with E-state index in [4.69, 9.17) is 34.8 Å². The zero-order chi connectivity index (χ0) is 27.0. The van der Waals surface area contributed by atoms with Gasteiger partial charge in [0, 0.05) is 35.3 Å². The molecule has 0 radical (unpaired) electrons. The predicted molar refractivity (Wildman–Crippen MR) is 155 cm³/mol. The number of rotatable bonds is 6. The molecule has 2 amide bonds. The van der Waals surface area contributed by atoms with E-state index in [-0.39, 0.29) is 29.2 Å². The first-order chi connectivity index (χ1) is 17.6. The molecule has 2 aromatic carbocycles. The Morgan fingerprint density at radius 3 is 2.41 bits per heavy atom. The lowest BCUT2D eigenvalue weighted by Gasteiger charge is -2.29. The monoisotopic (exact) mass is 565 g/mol. The summed E-state index contributed by atoms with van der Waals surface area (Å²) in [6.45, 7) is 7.22. The lowest BCUT2D eigenvalue weighted by Crippen LogP contribution is -2.38. The fraction of sp³-hybridized carbons (Fsp3) is 0.517. The average Bonchev–Trinajstić information content (AvgIpc) is 3.24. The maximum absolute atomic E-state index is 13.3. The standard InChI is InChI=1S/C22H25Cl3N2O.C7H13NO/c1-22(2,3)11-18-19(21(28)27-14-7-4-6-13(23)10-14)16(12-26-18)15-8-5-9-17(24)20(15)25;9-6-8-7-4-2-1-3-5-7/h4-10,16,18-19,26H,11-12H2,1-3H3,(H,27,28);6-7H,1-5H2,(H,8,9). The fourth-order valence-electron chi connectivity index (χ4n) is 5.30. The van der Waals surface area contributed by atoms with Crippen LogP contribution in [0.4, 0.5) is 5.69 Å². The number of hydrogen-bond acceptors (Lipinski definition) is 3. The van der Waals surface area contributed by atoms with Crippen LogP contribution in [0.15, 0.2) is 42.5 Å². The van der Waals surface area contributed by atoms with Crippen molar-refractivity contribution in [2.75, 3.05) is 11.9 Å². The number of benzene rings is 2. The van der Waals surface area contributed by atoms with Crippen molar-refractivity contribution in [1.82, 2.24) is 10.6 Å². The molecule has 2 fully saturated rings. The van der Waals surface area contributed by atoms with Crippen LogP contribution in [0.1, 0.15) is 70.8 Å². The summed E-state index contributed by atoms with van der Waals surface area (Å²) in [5, 5.41) is 11.0. The Balaban J connectivity index is 0.000000356. The van der Waals surface area contributed by atoms with Crippen LogP contribution in [0.3, 0.4) is 0 Å². The fourth-order valence-corrected chi connectivity index (χ4v) is 5.94. The predicted octanol–water partition coefficient (Wildman–Crippen LogP) is 7.46. The SMILES string of the molecule is CC(C)(C)CC1NCC(c2cccc(Cl)c2Cl)C1C(=O)Nc1cccc(Cl)c1.O=CNC1CCCCC1. The van der Waals surface area contributed by atoms with Crippen molar-refractivity contribution < 1.29 is 9.59 Å². The van der Waals surface area contributed by atoms with Gasteiger partial charge in [-0.1, -0.05) is 93.0 Å². The van der Waals surface area contributed by atoms with E-state index in [0.29, 0.717) is 33.3 Å². The first kappa shape index (κ1) is 29.8. The van der Waals surface area contributed by atoms with Gasteiger partial charge in [-0.25, -0.2) is 0 Å². The van der Waals surface area contributed by atoms with Crippen LogP contribution >= 0.6 is 34.8 Å². The topological polar surface area (TPSA) is 70.2 Å². The van der Waals surface area contributed by atoms with Crippen molar-refractivity contribution in [2.45, 2.75) is 77.3 Å². The minimum atomic E-state index is -0.269. The van der Waals surface area contributed by atoms with Crippen molar-refractivity contribution in [3.63, 3.8) is 0 Å². The summed E-state index contributed by atoms with van der Waals surface area (Å²) < 4.78 is 0. The highest BCUT2D eigenvalue weighted by Gasteiger charge is 2.43. The quantitative estimate of drug-likeness (QED) is 0.318. The Bertz CT molecular complexity index is 1050. The summed E-state index contributed by atoms with van der Waals surface area (Å²) in [7, 11) is 0. The smallest absolute Gasteiger partial charge is 0.229 e. The molecule has 1 aliphatic carbocycles. The van der Waals surface area contributed by atoms with Gasteiger partial charge in [0.05, 0.1) is 16.0 Å². The molecule has 0 spiro atoms. The van der Waals surface area contributed by atoms with E-state index in [9.17, 15) is 9.59 Å². The minimum Gasteiger partial charge on any atom is -0.356 e. The highest BCUT2D eigenvalue weighted by atomic mass is 35.5. The van der Waals surface area contributed by atoms with Crippen molar-refractivity contribution in [2.24, 2.45) is 11.3 Å². The Labute approximate surface area is 236 Å². The molecule has 0 aromatic heterocycles. The van der Waals surface area contributed by atoms with Crippen molar-refractivity contribution in [3.8, 4) is 0 Å². The number of halogens is 3. The molecule has 1 aliphatic heterocycles. The summed E-state index contributed by atoms with van der Waals surface area (Å²) in [5.41, 5.74) is 1.68. The zero-order valence-corrected chi connectivity index (χ0v) is 24.1. The number of anilines is 1. The molecule has 3 unspecified atom stereocenters. The van der Waals surface area contributed by atoms with Crippen LogP contribution in [0.25, 0.3) is 0 Å². The van der Waals surface area contributed by atoms with Crippen LogP contribution in [-0.2, 0) is 9.59 Å². The molecular formula is C29H38Cl3N3O2. The number of hydrogen-bond donors (Lipinski definition) is 3. The van der Waals surface area contributed by atoms with Crippen LogP contribution < -0.4 is 16.0 Å². The maximum Gasteiger partial charge on any atom is 0.229 e. The van der Waals surface area contributed by atoms with E-state index >= 15 is 0 Å². The minimum absolute atomic E-state index is 0.0393. The molecule has 202 valence electrons. The number of nitrogens with one attached hydrogen (secondary N) is 3. The van der Waals surface area contributed by atoms with Gasteiger partial charge >= 0.3 is 0 Å². The number of carbonyl (C=O) groups is 2. The lowest BCUT2D eigenvalue weighted by molar-refractivity contribution is -0.120. The van der Waals surface area contributed by atoms with Crippen LogP contribution in [0.2, 0.25) is 15.1 Å². The van der Waals surface area contributed by atoms with Crippen molar-refractivity contribution in [3.05, 3.63) is 63.1 Å². The lowest BCUT2D eigenvalue weighted by atomic mass is 9.78. The molecule has 3 N–H and O–H groups in total. The summed E-state index contributed by atoms with van der Waals surface area (Å²) in [5.74, 6) is -0.366. The van der Waals surface area contributed by atoms with Crippen molar-refractivity contribution >= 4 is 52.8 Å². The highest BCUT2D eigenvalue weighted by molar-refractivity contribution is 6.42. The van der Waals surface area contributed by atoms with Gasteiger partial charge in [0.15, 0.2) is 0 Å². The highest BCUT2D eigenvalue weighted by Crippen LogP contribution is 2.41. The third-order valence-corrected chi connectivity index (χ3v) is 8.05. The first-order valence-corrected chi connectivity index (χ1v) is 14.2. The largest absolute Gasteiger partial charge is 0.356 e. The first-order valence-electron chi connectivity index (χ1n) is 13.0. The summed E-state index contributed by atoms with van der Waals surface area (Å²) >= 11 is 18.8. The molecule has 8 heteroatoms. The van der Waals surface area contributed by atoms with Gasteiger partial charge in [-0.15, -0.1) is 0 Å². The van der Waals surface area contributed by atoms with E-state index in [1.165, 1.54) is 32.1 Å². The molecule has 2 aromatic rings. The van der Waals surface area contributed by atoms with E-state index in [0.717, 1.165) is 18.4 Å². The van der Waals surface area contributed by atoms with E-state index in [1.54, 1.807) is 18.2 Å². The third-order valence-electron chi connectivity index (χ3n) is 6.98. The van der Waals surface area contributed by atoms with Gasteiger partial charge in [0.1, 0.15) is 0 Å². The number of amides is 2. The van der Waals surface area contributed by atoms with Crippen LogP contribution in [0.5, 0.6) is 0 Å². The molecular weight excluding hydrogens is 529 g/mol. The molecule has 37 heavy (non-hydrogen) atoms. The molecule has 5 nitrogen and oxygen atoms in total. The van der Waals surface area contributed by atoms with Gasteiger partial charge in [-0.3, -0.25) is 9.59 Å². The van der Waals surface area contributed by atoms with E-state index < -0.39 is 0 Å². The van der Waals surface area contributed by atoms with Crippen LogP contribution in [0, 0.1) is 11.3 Å². The third kappa shape index (κ3) is 8.88. The van der Waals surface area contributed by atoms with Gasteiger partial charge in [-0.2, -0.15) is 0 Å². The van der Waals surface area contributed by atoms with E-state index in [2.05, 4.69) is 36.7 Å². The normalized spacial score (nSPS) is 22.1. The van der Waals surface area contributed by atoms with E-state index in [1.807, 2.05) is 24.3 Å². The zero-order valence-electron chi connectivity index (χ0n) is 21.8. The molecule has 1 saturated heterocycles. The second-order valence-electron chi connectivity index (χ2n) is 11.2. The Kier molecular flexibility index (Phi) is 11.1. The molecule has 0 bridgehead atoms. The van der Waals surface area contributed by atoms with Gasteiger partial charge in [0.25, 0.3) is 0 Å². The van der Waals surface area contributed by atoms with Gasteiger partial charge < -0.3 is 16.0 Å². The van der Waals surface area contributed by atoms with Crippen LogP contribution in [-0.4, -0.2) is 30.9 Å². The Hall–Kier alpha value is -1.79. The summed E-state index contributed by atoms with van der Waals surface area (Å²) in [4.78, 5) is 23.3. The molecule has 4 rings (SSSR count). The molecule has 1 heterocycles. The Morgan fingerprint density at radius 1 is 1.05 bits per heavy atom. The second-order valence-corrected chi connectivity index (χ2v) is 12.4. The molecule has 3 atom stereocenters. The van der Waals surface area contributed by atoms with Crippen molar-refractivity contribution in [1.29, 1.82) is 0 Å². The van der Waals surface area contributed by atoms with Gasteiger partial charge in [0.2, 0.25) is 12.3 Å². The average molecular weight is 567 g/mol. The second kappa shape index (κ2) is 13.8. The van der Waals surface area contributed by atoms with Gasteiger partial charge in [-0.05, 0) is 54.5 Å². The Morgan fingerprint density at radius 2 is 1.76 bits per heavy atom. The summed E-state index contributed by atoms with van der Waals surface area (Å²) in [6.07, 6.45) is 7.96. The molecule has 2 aliphatic rings. The maximum atomic E-state index is 13.3. The summed E-state index contributed by atoms with van der Waals surface area (Å²) in [6, 6.07) is 13.3.